The monoisotopic (exact) mass is 387 g/mol. The Labute approximate surface area is 156 Å². The van der Waals surface area contributed by atoms with Crippen molar-refractivity contribution in [2.24, 2.45) is 0 Å². The summed E-state index contributed by atoms with van der Waals surface area (Å²) >= 11 is 0. The lowest BCUT2D eigenvalue weighted by molar-refractivity contribution is -0.271. The standard InChI is InChI=1S/C15H21NO8.C2H4O/c1-16-8-5-7(6-22-2)3-4-9(8)23-15-12(19)10(17)11(18)13(24-15)14(20)21;1-2-3/h3-5,10-13,15-19H,6H2,1-2H3,(H,20,21);2H,1H3. The molecule has 1 aromatic rings. The Balaban J connectivity index is 0.00000114. The second-order valence-electron chi connectivity index (χ2n) is 5.60. The molecule has 2 rings (SSSR count). The van der Waals surface area contributed by atoms with Gasteiger partial charge < -0.3 is 44.7 Å². The van der Waals surface area contributed by atoms with Crippen molar-refractivity contribution in [1.82, 2.24) is 0 Å². The van der Waals surface area contributed by atoms with Crippen LogP contribution in [-0.2, 0) is 25.7 Å². The highest BCUT2D eigenvalue weighted by Gasteiger charge is 2.48. The maximum absolute atomic E-state index is 11.1. The Morgan fingerprint density at radius 3 is 2.41 bits per heavy atom. The van der Waals surface area contributed by atoms with Crippen LogP contribution in [0.4, 0.5) is 5.69 Å². The Hall–Kier alpha value is -2.24. The van der Waals surface area contributed by atoms with Gasteiger partial charge in [-0.1, -0.05) is 6.07 Å². The Morgan fingerprint density at radius 2 is 1.89 bits per heavy atom. The van der Waals surface area contributed by atoms with Crippen molar-refractivity contribution in [1.29, 1.82) is 0 Å². The predicted molar refractivity (Wildman–Crippen MR) is 93.4 cm³/mol. The van der Waals surface area contributed by atoms with Crippen molar-refractivity contribution in [3.63, 3.8) is 0 Å². The predicted octanol–water partition coefficient (Wildman–Crippen LogP) is -0.649. The lowest BCUT2D eigenvalue weighted by Crippen LogP contribution is -2.61. The number of carbonyl (C=O) groups excluding carboxylic acids is 1. The SMILES string of the molecule is CC=O.CNc1cc(COC)ccc1OC1OC(C(=O)O)C(O)C(O)C1O. The first-order valence-corrected chi connectivity index (χ1v) is 8.09. The number of rotatable bonds is 6. The molecule has 1 aliphatic heterocycles. The van der Waals surface area contributed by atoms with E-state index in [1.54, 1.807) is 32.4 Å². The molecule has 10 nitrogen and oxygen atoms in total. The Kier molecular flexibility index (Phi) is 9.12. The highest BCUT2D eigenvalue weighted by molar-refractivity contribution is 5.73. The molecular weight excluding hydrogens is 362 g/mol. The number of aldehydes is 1. The summed E-state index contributed by atoms with van der Waals surface area (Å²) in [7, 11) is 3.23. The van der Waals surface area contributed by atoms with E-state index in [4.69, 9.17) is 24.1 Å². The molecule has 1 fully saturated rings. The number of aliphatic hydroxyl groups excluding tert-OH is 3. The molecule has 1 aliphatic rings. The number of anilines is 1. The molecule has 0 radical (unpaired) electrons. The molecule has 27 heavy (non-hydrogen) atoms. The molecule has 5 unspecified atom stereocenters. The van der Waals surface area contributed by atoms with Gasteiger partial charge in [0.25, 0.3) is 0 Å². The maximum Gasteiger partial charge on any atom is 0.335 e. The minimum Gasteiger partial charge on any atom is -0.479 e. The first-order chi connectivity index (χ1) is 12.8. The zero-order valence-electron chi connectivity index (χ0n) is 15.2. The number of aliphatic hydroxyl groups is 3. The van der Waals surface area contributed by atoms with Crippen molar-refractivity contribution in [3.8, 4) is 5.75 Å². The third-order valence-corrected chi connectivity index (χ3v) is 3.68. The van der Waals surface area contributed by atoms with E-state index in [0.29, 0.717) is 12.3 Å². The van der Waals surface area contributed by atoms with Crippen LogP contribution in [0, 0.1) is 0 Å². The molecular formula is C17H25NO9. The van der Waals surface area contributed by atoms with Crippen LogP contribution >= 0.6 is 0 Å². The van der Waals surface area contributed by atoms with Gasteiger partial charge in [-0.15, -0.1) is 0 Å². The summed E-state index contributed by atoms with van der Waals surface area (Å²) in [6.45, 7) is 1.84. The summed E-state index contributed by atoms with van der Waals surface area (Å²) in [6.07, 6.45) is -7.50. The van der Waals surface area contributed by atoms with E-state index < -0.39 is 36.7 Å². The van der Waals surface area contributed by atoms with E-state index in [1.165, 1.54) is 6.92 Å². The summed E-state index contributed by atoms with van der Waals surface area (Å²) in [5.41, 5.74) is 1.44. The van der Waals surface area contributed by atoms with Gasteiger partial charge in [-0.3, -0.25) is 0 Å². The molecule has 152 valence electrons. The third kappa shape index (κ3) is 5.88. The lowest BCUT2D eigenvalue weighted by atomic mass is 9.99. The highest BCUT2D eigenvalue weighted by atomic mass is 16.7. The number of benzene rings is 1. The molecule has 0 aromatic heterocycles. The van der Waals surface area contributed by atoms with Crippen molar-refractivity contribution in [2.45, 2.75) is 44.2 Å². The van der Waals surface area contributed by atoms with Crippen LogP contribution in [-0.4, -0.2) is 77.5 Å². The molecule has 5 N–H and O–H groups in total. The molecule has 1 saturated heterocycles. The van der Waals surface area contributed by atoms with Gasteiger partial charge >= 0.3 is 5.97 Å². The largest absolute Gasteiger partial charge is 0.479 e. The van der Waals surface area contributed by atoms with E-state index in [-0.39, 0.29) is 5.75 Å². The Morgan fingerprint density at radius 1 is 1.26 bits per heavy atom. The third-order valence-electron chi connectivity index (χ3n) is 3.68. The zero-order valence-corrected chi connectivity index (χ0v) is 15.2. The van der Waals surface area contributed by atoms with Crippen LogP contribution in [0.5, 0.6) is 5.75 Å². The fraction of sp³-hybridized carbons (Fsp3) is 0.529. The van der Waals surface area contributed by atoms with Crippen LogP contribution in [0.1, 0.15) is 12.5 Å². The van der Waals surface area contributed by atoms with Crippen LogP contribution in [0.15, 0.2) is 18.2 Å². The van der Waals surface area contributed by atoms with Crippen LogP contribution in [0.3, 0.4) is 0 Å². The number of hydrogen-bond donors (Lipinski definition) is 5. The number of methoxy groups -OCH3 is 1. The zero-order chi connectivity index (χ0) is 20.6. The molecule has 0 amide bonds. The summed E-state index contributed by atoms with van der Waals surface area (Å²) in [4.78, 5) is 19.9. The van der Waals surface area contributed by atoms with Gasteiger partial charge in [0.1, 0.15) is 30.3 Å². The molecule has 0 bridgehead atoms. The normalized spacial score (nSPS) is 27.1. The van der Waals surface area contributed by atoms with E-state index in [1.807, 2.05) is 0 Å². The van der Waals surface area contributed by atoms with E-state index in [0.717, 1.165) is 11.8 Å². The molecule has 5 atom stereocenters. The van der Waals surface area contributed by atoms with Gasteiger partial charge in [-0.05, 0) is 24.6 Å². The summed E-state index contributed by atoms with van der Waals surface area (Å²) < 4.78 is 15.6. The molecule has 0 spiro atoms. The summed E-state index contributed by atoms with van der Waals surface area (Å²) in [6, 6.07) is 5.09. The van der Waals surface area contributed by atoms with Crippen LogP contribution < -0.4 is 10.1 Å². The highest BCUT2D eigenvalue weighted by Crippen LogP contribution is 2.30. The topological polar surface area (TPSA) is 155 Å². The van der Waals surface area contributed by atoms with Crippen LogP contribution in [0.2, 0.25) is 0 Å². The van der Waals surface area contributed by atoms with E-state index in [9.17, 15) is 20.1 Å². The number of carbonyl (C=O) groups is 2. The molecule has 0 aliphatic carbocycles. The fourth-order valence-corrected chi connectivity index (χ4v) is 2.41. The maximum atomic E-state index is 11.1. The quantitative estimate of drug-likeness (QED) is 0.398. The average Bonchev–Trinajstić information content (AvgIpc) is 2.63. The lowest BCUT2D eigenvalue weighted by Gasteiger charge is -2.38. The van der Waals surface area contributed by atoms with Gasteiger partial charge in [0.05, 0.1) is 12.3 Å². The smallest absolute Gasteiger partial charge is 0.335 e. The molecule has 10 heteroatoms. The first kappa shape index (κ1) is 22.8. The van der Waals surface area contributed by atoms with E-state index in [2.05, 4.69) is 5.32 Å². The van der Waals surface area contributed by atoms with Crippen molar-refractivity contribution in [3.05, 3.63) is 23.8 Å². The van der Waals surface area contributed by atoms with E-state index >= 15 is 0 Å². The van der Waals surface area contributed by atoms with Gasteiger partial charge in [-0.2, -0.15) is 0 Å². The van der Waals surface area contributed by atoms with Gasteiger partial charge in [0, 0.05) is 14.2 Å². The van der Waals surface area contributed by atoms with Crippen molar-refractivity contribution < 1.29 is 44.2 Å². The summed E-state index contributed by atoms with van der Waals surface area (Å²) in [5.74, 6) is -1.18. The molecule has 1 heterocycles. The van der Waals surface area contributed by atoms with Gasteiger partial charge in [0.15, 0.2) is 6.10 Å². The number of nitrogens with one attached hydrogen (secondary N) is 1. The molecule has 0 saturated carbocycles. The number of carboxylic acids is 1. The Bertz CT molecular complexity index is 624. The van der Waals surface area contributed by atoms with Gasteiger partial charge in [0.2, 0.25) is 6.29 Å². The first-order valence-electron chi connectivity index (χ1n) is 8.09. The number of aliphatic carboxylic acids is 1. The number of ether oxygens (including phenoxy) is 3. The summed E-state index contributed by atoms with van der Waals surface area (Å²) in [5, 5.41) is 41.4. The second kappa shape index (κ2) is 10.8. The minimum atomic E-state index is -1.76. The number of carboxylic acid groups (broad SMARTS) is 1. The van der Waals surface area contributed by atoms with Crippen LogP contribution in [0.25, 0.3) is 0 Å². The number of hydrogen-bond acceptors (Lipinski definition) is 9. The minimum absolute atomic E-state index is 0.286. The fourth-order valence-electron chi connectivity index (χ4n) is 2.41. The second-order valence-corrected chi connectivity index (χ2v) is 5.60. The average molecular weight is 387 g/mol. The van der Waals surface area contributed by atoms with Gasteiger partial charge in [-0.25, -0.2) is 4.79 Å². The van der Waals surface area contributed by atoms with Crippen molar-refractivity contribution >= 4 is 17.9 Å². The molecule has 1 aromatic carbocycles. The van der Waals surface area contributed by atoms with Crippen molar-refractivity contribution in [2.75, 3.05) is 19.5 Å².